The van der Waals surface area contributed by atoms with Gasteiger partial charge in [-0.1, -0.05) is 0 Å². The van der Waals surface area contributed by atoms with E-state index >= 15 is 0 Å². The van der Waals surface area contributed by atoms with Crippen molar-refractivity contribution >= 4 is 49.2 Å². The Hall–Kier alpha value is -1.90. The largest absolute Gasteiger partial charge is 0.478 e. The van der Waals surface area contributed by atoms with Crippen LogP contribution in [0.15, 0.2) is 26.2 Å². The molecule has 0 aliphatic rings. The molecule has 0 saturated carbocycles. The molecule has 8 heteroatoms. The molecule has 90 valence electrons. The lowest BCUT2D eigenvalue weighted by Gasteiger charge is -2.07. The van der Waals surface area contributed by atoms with Gasteiger partial charge in [0.2, 0.25) is 5.71 Å². The maximum atomic E-state index is 10.8. The molecule has 1 aromatic rings. The van der Waals surface area contributed by atoms with Crippen molar-refractivity contribution in [3.8, 4) is 12.1 Å². The van der Waals surface area contributed by atoms with Crippen molar-refractivity contribution in [2.24, 2.45) is 5.10 Å². The van der Waals surface area contributed by atoms with E-state index in [1.165, 1.54) is 12.1 Å². The van der Waals surface area contributed by atoms with E-state index < -0.39 is 5.97 Å². The van der Waals surface area contributed by atoms with Crippen LogP contribution in [0.5, 0.6) is 0 Å². The van der Waals surface area contributed by atoms with Crippen molar-refractivity contribution in [2.45, 2.75) is 0 Å². The van der Waals surface area contributed by atoms with Crippen LogP contribution in [0, 0.1) is 22.7 Å². The summed E-state index contributed by atoms with van der Waals surface area (Å²) in [5.74, 6) is -1.07. The minimum absolute atomic E-state index is 0.0871. The molecule has 6 nitrogen and oxygen atoms in total. The van der Waals surface area contributed by atoms with Crippen molar-refractivity contribution in [2.75, 3.05) is 5.43 Å². The summed E-state index contributed by atoms with van der Waals surface area (Å²) < 4.78 is 0.876. The fraction of sp³-hybridized carbons (Fsp3) is 0. The number of hydrogen-bond acceptors (Lipinski definition) is 5. The third-order valence-corrected chi connectivity index (χ3v) is 3.03. The van der Waals surface area contributed by atoms with E-state index in [0.29, 0.717) is 14.6 Å². The Bertz CT molecular complexity index is 574. The lowest BCUT2D eigenvalue weighted by molar-refractivity contribution is 0.0697. The lowest BCUT2D eigenvalue weighted by atomic mass is 10.2. The second-order valence-electron chi connectivity index (χ2n) is 2.92. The van der Waals surface area contributed by atoms with Gasteiger partial charge in [0.1, 0.15) is 12.1 Å². The summed E-state index contributed by atoms with van der Waals surface area (Å²) in [6.07, 6.45) is 0. The molecule has 0 atom stereocenters. The van der Waals surface area contributed by atoms with Gasteiger partial charge in [0.05, 0.1) is 11.3 Å². The number of hydrogen-bond donors (Lipinski definition) is 2. The van der Waals surface area contributed by atoms with E-state index in [-0.39, 0.29) is 11.3 Å². The number of aromatic carboxylic acids is 1. The Kier molecular flexibility index (Phi) is 4.84. The Balaban J connectivity index is 3.14. The highest BCUT2D eigenvalue weighted by Crippen LogP contribution is 2.32. The van der Waals surface area contributed by atoms with Crippen molar-refractivity contribution in [1.82, 2.24) is 0 Å². The van der Waals surface area contributed by atoms with Crippen LogP contribution in [-0.4, -0.2) is 16.8 Å². The molecule has 0 aliphatic carbocycles. The maximum absolute atomic E-state index is 10.8. The third kappa shape index (κ3) is 3.29. The van der Waals surface area contributed by atoms with Gasteiger partial charge in [-0.3, -0.25) is 5.43 Å². The molecule has 0 heterocycles. The molecule has 0 spiro atoms. The predicted molar refractivity (Wildman–Crippen MR) is 71.1 cm³/mol. The molecule has 0 fully saturated rings. The number of carboxylic acids is 1. The number of nitrogens with one attached hydrogen (secondary N) is 1. The van der Waals surface area contributed by atoms with E-state index in [2.05, 4.69) is 42.4 Å². The highest BCUT2D eigenvalue weighted by atomic mass is 79.9. The van der Waals surface area contributed by atoms with Gasteiger partial charge < -0.3 is 5.11 Å². The van der Waals surface area contributed by atoms with Gasteiger partial charge in [0.15, 0.2) is 0 Å². The normalized spacial score (nSPS) is 8.89. The SMILES string of the molecule is N#CC(C#N)=NNc1c(Br)cc(C(=O)O)cc1Br. The van der Waals surface area contributed by atoms with Gasteiger partial charge in [0, 0.05) is 8.95 Å². The van der Waals surface area contributed by atoms with E-state index in [9.17, 15) is 4.79 Å². The van der Waals surface area contributed by atoms with Gasteiger partial charge >= 0.3 is 5.97 Å². The van der Waals surface area contributed by atoms with Gasteiger partial charge in [-0.15, -0.1) is 0 Å². The smallest absolute Gasteiger partial charge is 0.335 e. The summed E-state index contributed by atoms with van der Waals surface area (Å²) in [6.45, 7) is 0. The standard InChI is InChI=1S/C10H4Br2N4O2/c11-7-1-5(10(17)18)2-8(12)9(7)16-15-6(3-13)4-14/h1-2,16H,(H,17,18). The number of carboxylic acid groups (broad SMARTS) is 1. The van der Waals surface area contributed by atoms with Crippen molar-refractivity contribution in [3.63, 3.8) is 0 Å². The third-order valence-electron chi connectivity index (χ3n) is 1.78. The average Bonchev–Trinajstić information content (AvgIpc) is 2.32. The van der Waals surface area contributed by atoms with E-state index in [0.717, 1.165) is 0 Å². The highest BCUT2D eigenvalue weighted by Gasteiger charge is 2.11. The number of rotatable bonds is 3. The zero-order chi connectivity index (χ0) is 13.7. The summed E-state index contributed by atoms with van der Waals surface area (Å²) in [4.78, 5) is 10.8. The summed E-state index contributed by atoms with van der Waals surface area (Å²) in [7, 11) is 0. The van der Waals surface area contributed by atoms with E-state index in [1.807, 2.05) is 0 Å². The van der Waals surface area contributed by atoms with Crippen LogP contribution in [-0.2, 0) is 0 Å². The second-order valence-corrected chi connectivity index (χ2v) is 4.62. The maximum Gasteiger partial charge on any atom is 0.335 e. The fourth-order valence-electron chi connectivity index (χ4n) is 0.990. The fourth-order valence-corrected chi connectivity index (χ4v) is 2.35. The molecule has 18 heavy (non-hydrogen) atoms. The number of nitrogens with zero attached hydrogens (tertiary/aromatic N) is 3. The summed E-state index contributed by atoms with van der Waals surface area (Å²) >= 11 is 6.34. The molecule has 1 rings (SSSR count). The quantitative estimate of drug-likeness (QED) is 0.627. The van der Waals surface area contributed by atoms with E-state index in [4.69, 9.17) is 15.6 Å². The van der Waals surface area contributed by atoms with Crippen molar-refractivity contribution in [3.05, 3.63) is 26.6 Å². The summed E-state index contributed by atoms with van der Waals surface area (Å²) in [5, 5.41) is 29.4. The molecule has 0 aliphatic heterocycles. The topological polar surface area (TPSA) is 109 Å². The number of nitriles is 2. The first kappa shape index (κ1) is 14.2. The molecule has 0 unspecified atom stereocenters. The predicted octanol–water partition coefficient (Wildman–Crippen LogP) is 2.72. The molecule has 0 amide bonds. The monoisotopic (exact) mass is 370 g/mol. The highest BCUT2D eigenvalue weighted by molar-refractivity contribution is 9.11. The Labute approximate surface area is 119 Å². The number of anilines is 1. The number of carbonyl (C=O) groups is 1. The minimum Gasteiger partial charge on any atom is -0.478 e. The van der Waals surface area contributed by atoms with Crippen LogP contribution in [0.2, 0.25) is 0 Å². The molecular formula is C10H4Br2N4O2. The first-order chi connectivity index (χ1) is 8.49. The number of halogens is 2. The molecule has 0 bridgehead atoms. The van der Waals surface area contributed by atoms with Gasteiger partial charge in [0.25, 0.3) is 0 Å². The molecule has 2 N–H and O–H groups in total. The summed E-state index contributed by atoms with van der Waals surface area (Å²) in [5.41, 5.74) is 2.68. The van der Waals surface area contributed by atoms with Gasteiger partial charge in [-0.2, -0.15) is 15.6 Å². The Morgan fingerprint density at radius 3 is 2.17 bits per heavy atom. The molecule has 0 aromatic heterocycles. The molecule has 1 aromatic carbocycles. The van der Waals surface area contributed by atoms with Crippen molar-refractivity contribution in [1.29, 1.82) is 10.5 Å². The average molecular weight is 372 g/mol. The number of benzene rings is 1. The lowest BCUT2D eigenvalue weighted by Crippen LogP contribution is -2.01. The minimum atomic E-state index is -1.07. The van der Waals surface area contributed by atoms with Crippen LogP contribution in [0.1, 0.15) is 10.4 Å². The van der Waals surface area contributed by atoms with E-state index in [1.54, 1.807) is 12.1 Å². The van der Waals surface area contributed by atoms with Crippen LogP contribution in [0.3, 0.4) is 0 Å². The van der Waals surface area contributed by atoms with Crippen LogP contribution < -0.4 is 5.43 Å². The number of hydrazone groups is 1. The molecule has 0 saturated heterocycles. The summed E-state index contributed by atoms with van der Waals surface area (Å²) in [6, 6.07) is 5.94. The molecule has 0 radical (unpaired) electrons. The van der Waals surface area contributed by atoms with Crippen molar-refractivity contribution < 1.29 is 9.90 Å². The Morgan fingerprint density at radius 2 is 1.78 bits per heavy atom. The zero-order valence-electron chi connectivity index (χ0n) is 8.61. The zero-order valence-corrected chi connectivity index (χ0v) is 11.8. The van der Waals surface area contributed by atoms with Gasteiger partial charge in [-0.05, 0) is 44.0 Å². The van der Waals surface area contributed by atoms with Crippen LogP contribution in [0.25, 0.3) is 0 Å². The molecular weight excluding hydrogens is 368 g/mol. The first-order valence-corrected chi connectivity index (χ1v) is 5.94. The second kappa shape index (κ2) is 6.15. The first-order valence-electron chi connectivity index (χ1n) is 4.35. The Morgan fingerprint density at radius 1 is 1.28 bits per heavy atom. The van der Waals surface area contributed by atoms with Crippen LogP contribution >= 0.6 is 31.9 Å². The van der Waals surface area contributed by atoms with Gasteiger partial charge in [-0.25, -0.2) is 4.79 Å². The van der Waals surface area contributed by atoms with Crippen LogP contribution in [0.4, 0.5) is 5.69 Å².